The molecule has 0 bridgehead atoms. The van der Waals surface area contributed by atoms with Gasteiger partial charge in [-0.1, -0.05) is 39.3 Å². The molecule has 41 heavy (non-hydrogen) atoms. The van der Waals surface area contributed by atoms with Crippen LogP contribution in [0, 0.1) is 0 Å². The van der Waals surface area contributed by atoms with Gasteiger partial charge < -0.3 is 40.9 Å². The zero-order chi connectivity index (χ0) is 32.3. The Morgan fingerprint density at radius 1 is 0.683 bits per heavy atom. The van der Waals surface area contributed by atoms with Crippen LogP contribution in [-0.2, 0) is 53.8 Å². The Morgan fingerprint density at radius 3 is 1.39 bits per heavy atom. The van der Waals surface area contributed by atoms with Crippen LogP contribution in [0.25, 0.3) is 0 Å². The first-order chi connectivity index (χ1) is 18.4. The Bertz CT molecular complexity index is 861. The third kappa shape index (κ3) is 19.3. The van der Waals surface area contributed by atoms with Crippen LogP contribution < -0.4 is 0 Å². The van der Waals surface area contributed by atoms with E-state index in [1.807, 2.05) is 0 Å². The molecule has 9 nitrogen and oxygen atoms in total. The van der Waals surface area contributed by atoms with E-state index < -0.39 is 77.1 Å². The van der Waals surface area contributed by atoms with E-state index in [2.05, 4.69) is 39.3 Å². The zero-order valence-corrected chi connectivity index (χ0v) is 28.4. The van der Waals surface area contributed by atoms with Crippen LogP contribution in [0.15, 0.2) is 0 Å². The number of halogens is 4. The van der Waals surface area contributed by atoms with E-state index in [4.69, 9.17) is 23.7 Å². The minimum absolute atomic E-state index is 0.187. The summed E-state index contributed by atoms with van der Waals surface area (Å²) in [7, 11) is -9.17. The Kier molecular flexibility index (Phi) is 16.2. The van der Waals surface area contributed by atoms with Gasteiger partial charge in [0, 0.05) is 54.7 Å². The molecule has 5 atom stereocenters. The summed E-state index contributed by atoms with van der Waals surface area (Å²) in [6, 6.07) is 2.10. The molecular formula is C24H45BF4O9SSi2. The highest BCUT2D eigenvalue weighted by atomic mass is 32.2. The first-order valence-electron chi connectivity index (χ1n) is 13.2. The summed E-state index contributed by atoms with van der Waals surface area (Å²) in [5, 5.41) is 0. The van der Waals surface area contributed by atoms with E-state index in [-0.39, 0.29) is 17.5 Å². The second kappa shape index (κ2) is 16.9. The van der Waals surface area contributed by atoms with Crippen molar-refractivity contribution in [3.8, 4) is 0 Å². The lowest BCUT2D eigenvalue weighted by Gasteiger charge is -2.43. The van der Waals surface area contributed by atoms with Gasteiger partial charge in [-0.3, -0.25) is 19.2 Å². The molecule has 1 fully saturated rings. The fraction of sp³-hybridized carbons (Fsp3) is 0.833. The van der Waals surface area contributed by atoms with Crippen molar-refractivity contribution >= 4 is 58.2 Å². The van der Waals surface area contributed by atoms with Gasteiger partial charge in [0.15, 0.2) is 12.2 Å². The maximum Gasteiger partial charge on any atom is 0.673 e. The molecule has 1 rings (SSSR count). The van der Waals surface area contributed by atoms with Crippen LogP contribution in [0.2, 0.25) is 51.4 Å². The summed E-state index contributed by atoms with van der Waals surface area (Å²) >= 11 is 0. The lowest BCUT2D eigenvalue weighted by atomic mass is 9.99. The number of hydrogen-bond donors (Lipinski definition) is 0. The number of hydrogen-bond acceptors (Lipinski definition) is 9. The lowest BCUT2D eigenvalue weighted by molar-refractivity contribution is -0.238. The molecule has 0 spiro atoms. The van der Waals surface area contributed by atoms with E-state index >= 15 is 0 Å². The molecule has 240 valence electrons. The first kappa shape index (κ1) is 39.4. The summed E-state index contributed by atoms with van der Waals surface area (Å²) in [4.78, 5) is 47.9. The van der Waals surface area contributed by atoms with Gasteiger partial charge in [-0.05, 0) is 12.1 Å². The van der Waals surface area contributed by atoms with Crippen molar-refractivity contribution < 1.29 is 60.1 Å². The number of esters is 4. The van der Waals surface area contributed by atoms with Gasteiger partial charge in [0.05, 0.1) is 0 Å². The van der Waals surface area contributed by atoms with Gasteiger partial charge in [-0.15, -0.1) is 0 Å². The van der Waals surface area contributed by atoms with Crippen LogP contribution in [0.4, 0.5) is 17.3 Å². The average molecular weight is 653 g/mol. The molecule has 1 aliphatic heterocycles. The smallest absolute Gasteiger partial charge is 0.463 e. The number of carbonyl (C=O) groups excluding carboxylic acids is 4. The molecule has 0 unspecified atom stereocenters. The summed E-state index contributed by atoms with van der Waals surface area (Å²) < 4.78 is 67.6. The van der Waals surface area contributed by atoms with Crippen LogP contribution in [0.5, 0.6) is 0 Å². The Morgan fingerprint density at radius 2 is 1.05 bits per heavy atom. The van der Waals surface area contributed by atoms with Crippen LogP contribution in [0.1, 0.15) is 27.7 Å². The van der Waals surface area contributed by atoms with Crippen molar-refractivity contribution in [2.45, 2.75) is 109 Å². The van der Waals surface area contributed by atoms with E-state index in [1.165, 1.54) is 27.7 Å². The minimum Gasteiger partial charge on any atom is -0.463 e. The second-order valence-electron chi connectivity index (χ2n) is 12.1. The molecule has 0 N–H and O–H groups in total. The number of rotatable bonds is 12. The predicted molar refractivity (Wildman–Crippen MR) is 156 cm³/mol. The molecule has 0 radical (unpaired) electrons. The second-order valence-corrected chi connectivity index (χ2v) is 25.7. The molecule has 0 aromatic heterocycles. The summed E-state index contributed by atoms with van der Waals surface area (Å²) in [6.45, 7) is 18.7. The summed E-state index contributed by atoms with van der Waals surface area (Å²) in [5.41, 5.74) is -0.599. The fourth-order valence-electron chi connectivity index (χ4n) is 3.67. The van der Waals surface area contributed by atoms with E-state index in [9.17, 15) is 36.4 Å². The Hall–Kier alpha value is -1.59. The van der Waals surface area contributed by atoms with Crippen molar-refractivity contribution in [1.82, 2.24) is 0 Å². The van der Waals surface area contributed by atoms with Crippen LogP contribution in [-0.4, -0.2) is 95.2 Å². The molecule has 0 aromatic carbocycles. The molecule has 0 amide bonds. The largest absolute Gasteiger partial charge is 0.673 e. The quantitative estimate of drug-likeness (QED) is 0.0976. The molecule has 1 saturated heterocycles. The van der Waals surface area contributed by atoms with Crippen molar-refractivity contribution in [3.63, 3.8) is 0 Å². The van der Waals surface area contributed by atoms with Gasteiger partial charge in [0.2, 0.25) is 6.10 Å². The van der Waals surface area contributed by atoms with Gasteiger partial charge >= 0.3 is 31.1 Å². The fourth-order valence-corrected chi connectivity index (χ4v) is 12.2. The minimum atomic E-state index is -6.00. The van der Waals surface area contributed by atoms with Gasteiger partial charge in [-0.25, -0.2) is 0 Å². The zero-order valence-electron chi connectivity index (χ0n) is 25.6. The maximum absolute atomic E-state index is 12.2. The number of carbonyl (C=O) groups is 4. The van der Waals surface area contributed by atoms with E-state index in [0.717, 1.165) is 23.6 Å². The van der Waals surface area contributed by atoms with Crippen molar-refractivity contribution in [2.24, 2.45) is 0 Å². The SMILES string of the molecule is CC(=O)OC[C@H]1O[C@@H]([S+](CC[Si](C)(C)C)CC[Si](C)(C)C)[C@H](OC(C)=O)[C@@H](OC(C)=O)[C@@H]1OC(C)=O.F[B-](F)(F)F. The average Bonchev–Trinajstić information content (AvgIpc) is 2.72. The third-order valence-electron chi connectivity index (χ3n) is 5.51. The molecule has 0 aliphatic carbocycles. The molecule has 17 heteroatoms. The Labute approximate surface area is 245 Å². The van der Waals surface area contributed by atoms with E-state index in [0.29, 0.717) is 0 Å². The Balaban J connectivity index is 0.00000292. The third-order valence-corrected chi connectivity index (χ3v) is 12.2. The molecule has 0 aromatic rings. The molecule has 1 heterocycles. The highest BCUT2D eigenvalue weighted by molar-refractivity contribution is 7.97. The molecule has 1 aliphatic rings. The monoisotopic (exact) mass is 652 g/mol. The van der Waals surface area contributed by atoms with Gasteiger partial charge in [-0.2, -0.15) is 0 Å². The van der Waals surface area contributed by atoms with Crippen molar-refractivity contribution in [3.05, 3.63) is 0 Å². The molecule has 0 saturated carbocycles. The molecular weight excluding hydrogens is 607 g/mol. The normalized spacial score (nSPS) is 23.1. The van der Waals surface area contributed by atoms with E-state index in [1.54, 1.807) is 0 Å². The highest BCUT2D eigenvalue weighted by Crippen LogP contribution is 2.34. The van der Waals surface area contributed by atoms with Crippen molar-refractivity contribution in [1.29, 1.82) is 0 Å². The highest BCUT2D eigenvalue weighted by Gasteiger charge is 2.58. The topological polar surface area (TPSA) is 114 Å². The van der Waals surface area contributed by atoms with Crippen LogP contribution >= 0.6 is 0 Å². The lowest BCUT2D eigenvalue weighted by Crippen LogP contribution is -2.64. The van der Waals surface area contributed by atoms with Crippen LogP contribution in [0.3, 0.4) is 0 Å². The summed E-state index contributed by atoms with van der Waals surface area (Å²) in [6.07, 6.45) is -4.04. The van der Waals surface area contributed by atoms with Crippen molar-refractivity contribution in [2.75, 3.05) is 18.1 Å². The summed E-state index contributed by atoms with van der Waals surface area (Å²) in [5.74, 6) is -0.526. The maximum atomic E-state index is 12.2. The van der Waals surface area contributed by atoms with Gasteiger partial charge in [0.25, 0.3) is 5.44 Å². The number of ether oxygens (including phenoxy) is 5. The standard InChI is InChI=1S/C24H45O9SSi2.BF4/c1-16(25)29-15-20-21(30-17(2)26)22(31-18(3)27)23(32-19(4)28)24(33-20)34(11-13-35(5,6)7)12-14-36(8,9)10;2-1(3,4)5/h20-24H,11-15H2,1-10H3;/q+1;-1/t20-,21-,22+,23-,24+;/m1./s1. The predicted octanol–water partition coefficient (Wildman–Crippen LogP) is 4.66. The van der Waals surface area contributed by atoms with Gasteiger partial charge in [0.1, 0.15) is 24.2 Å². The first-order valence-corrected chi connectivity index (χ1v) is 22.3.